The zero-order valence-corrected chi connectivity index (χ0v) is 19.7. The number of rotatable bonds is 10. The van der Waals surface area contributed by atoms with Gasteiger partial charge in [0.1, 0.15) is 11.8 Å². The van der Waals surface area contributed by atoms with E-state index in [1.807, 2.05) is 68.4 Å². The molecule has 0 bridgehead atoms. The van der Waals surface area contributed by atoms with Crippen molar-refractivity contribution in [2.75, 3.05) is 13.2 Å². The molecule has 5 nitrogen and oxygen atoms in total. The Kier molecular flexibility index (Phi) is 8.90. The van der Waals surface area contributed by atoms with Crippen LogP contribution in [0.1, 0.15) is 23.6 Å². The van der Waals surface area contributed by atoms with E-state index in [0.29, 0.717) is 30.3 Å². The molecule has 6 heteroatoms. The van der Waals surface area contributed by atoms with Crippen LogP contribution in [-0.4, -0.2) is 35.9 Å². The average molecular weight is 465 g/mol. The molecule has 0 saturated heterocycles. The molecule has 1 N–H and O–H groups in total. The highest BCUT2D eigenvalue weighted by atomic mass is 35.5. The number of hydrogen-bond donors (Lipinski definition) is 1. The smallest absolute Gasteiger partial charge is 0.261 e. The monoisotopic (exact) mass is 464 g/mol. The predicted molar refractivity (Wildman–Crippen MR) is 131 cm³/mol. The number of carbonyl (C=O) groups excluding carboxylic acids is 2. The maximum atomic E-state index is 13.4. The van der Waals surface area contributed by atoms with Gasteiger partial charge in [-0.05, 0) is 54.8 Å². The Labute approximate surface area is 200 Å². The summed E-state index contributed by atoms with van der Waals surface area (Å²) in [5, 5.41) is 3.49. The van der Waals surface area contributed by atoms with Crippen molar-refractivity contribution in [2.24, 2.45) is 0 Å². The summed E-state index contributed by atoms with van der Waals surface area (Å²) in [6.45, 7) is 4.48. The average Bonchev–Trinajstić information content (AvgIpc) is 2.82. The second-order valence-corrected chi connectivity index (χ2v) is 8.23. The van der Waals surface area contributed by atoms with Crippen molar-refractivity contribution >= 4 is 23.4 Å². The number of amides is 2. The first-order valence-corrected chi connectivity index (χ1v) is 11.4. The van der Waals surface area contributed by atoms with Crippen molar-refractivity contribution in [1.29, 1.82) is 0 Å². The van der Waals surface area contributed by atoms with E-state index >= 15 is 0 Å². The van der Waals surface area contributed by atoms with Gasteiger partial charge in [-0.2, -0.15) is 0 Å². The molecule has 33 heavy (non-hydrogen) atoms. The summed E-state index contributed by atoms with van der Waals surface area (Å²) in [6.07, 6.45) is 0.408. The van der Waals surface area contributed by atoms with E-state index in [0.717, 1.165) is 16.7 Å². The van der Waals surface area contributed by atoms with Gasteiger partial charge in [0, 0.05) is 24.5 Å². The van der Waals surface area contributed by atoms with Crippen LogP contribution in [0.4, 0.5) is 0 Å². The lowest BCUT2D eigenvalue weighted by Gasteiger charge is -2.31. The fraction of sp³-hybridized carbons (Fsp3) is 0.259. The Hall–Kier alpha value is -3.31. The minimum Gasteiger partial charge on any atom is -0.484 e. The number of benzene rings is 3. The number of likely N-dealkylation sites (N-methyl/N-ethyl adjacent to an activating group) is 1. The maximum absolute atomic E-state index is 13.4. The maximum Gasteiger partial charge on any atom is 0.261 e. The molecule has 0 fully saturated rings. The quantitative estimate of drug-likeness (QED) is 0.468. The lowest BCUT2D eigenvalue weighted by molar-refractivity contribution is -0.142. The first-order valence-electron chi connectivity index (χ1n) is 11.0. The van der Waals surface area contributed by atoms with Gasteiger partial charge in [-0.1, -0.05) is 66.2 Å². The minimum atomic E-state index is -0.673. The summed E-state index contributed by atoms with van der Waals surface area (Å²) in [5.74, 6) is 0.0939. The highest BCUT2D eigenvalue weighted by Crippen LogP contribution is 2.19. The van der Waals surface area contributed by atoms with Crippen LogP contribution in [0, 0.1) is 6.92 Å². The van der Waals surface area contributed by atoms with Crippen LogP contribution >= 0.6 is 11.6 Å². The molecule has 2 amide bonds. The number of aryl methyl sites for hydroxylation is 1. The largest absolute Gasteiger partial charge is 0.484 e. The first kappa shape index (κ1) is 24.3. The molecule has 3 aromatic rings. The van der Waals surface area contributed by atoms with Gasteiger partial charge < -0.3 is 15.0 Å². The lowest BCUT2D eigenvalue weighted by Crippen LogP contribution is -2.51. The molecule has 3 rings (SSSR count). The molecular formula is C27H29ClN2O3. The molecule has 0 aromatic heterocycles. The molecule has 0 radical (unpaired) electrons. The van der Waals surface area contributed by atoms with E-state index in [2.05, 4.69) is 5.32 Å². The molecule has 0 aliphatic rings. The molecule has 0 aliphatic heterocycles. The van der Waals surface area contributed by atoms with E-state index in [9.17, 15) is 9.59 Å². The SMILES string of the molecule is CCNC(=O)[C@H](Cc1ccccc1)N(Cc1ccccc1C)C(=O)COc1ccc(Cl)cc1. The van der Waals surface area contributed by atoms with Crippen LogP contribution in [0.3, 0.4) is 0 Å². The normalized spacial score (nSPS) is 11.5. The molecule has 0 spiro atoms. The number of nitrogens with zero attached hydrogens (tertiary/aromatic N) is 1. The predicted octanol–water partition coefficient (Wildman–Crippen LogP) is 4.80. The van der Waals surface area contributed by atoms with Crippen LogP contribution in [-0.2, 0) is 22.6 Å². The third kappa shape index (κ3) is 7.09. The van der Waals surface area contributed by atoms with Crippen LogP contribution in [0.2, 0.25) is 5.02 Å². The van der Waals surface area contributed by atoms with Crippen molar-refractivity contribution in [1.82, 2.24) is 10.2 Å². The van der Waals surface area contributed by atoms with Gasteiger partial charge in [-0.25, -0.2) is 0 Å². The summed E-state index contributed by atoms with van der Waals surface area (Å²) in [4.78, 5) is 28.2. The summed E-state index contributed by atoms with van der Waals surface area (Å²) in [7, 11) is 0. The van der Waals surface area contributed by atoms with Gasteiger partial charge in [-0.3, -0.25) is 9.59 Å². The second-order valence-electron chi connectivity index (χ2n) is 7.79. The van der Waals surface area contributed by atoms with Gasteiger partial charge >= 0.3 is 0 Å². The van der Waals surface area contributed by atoms with Crippen LogP contribution in [0.25, 0.3) is 0 Å². The second kappa shape index (κ2) is 12.1. The molecule has 0 aliphatic carbocycles. The van der Waals surface area contributed by atoms with Crippen LogP contribution in [0.15, 0.2) is 78.9 Å². The number of carbonyl (C=O) groups is 2. The fourth-order valence-electron chi connectivity index (χ4n) is 3.58. The van der Waals surface area contributed by atoms with Gasteiger partial charge in [0.05, 0.1) is 0 Å². The standard InChI is InChI=1S/C27H29ClN2O3/c1-3-29-27(32)25(17-21-10-5-4-6-11-21)30(18-22-12-8-7-9-20(22)2)26(31)19-33-24-15-13-23(28)14-16-24/h4-16,25H,3,17-19H2,1-2H3,(H,29,32)/t25-/m0/s1. The number of ether oxygens (including phenoxy) is 1. The van der Waals surface area contributed by atoms with Crippen molar-refractivity contribution < 1.29 is 14.3 Å². The third-order valence-electron chi connectivity index (χ3n) is 5.40. The highest BCUT2D eigenvalue weighted by molar-refractivity contribution is 6.30. The zero-order valence-electron chi connectivity index (χ0n) is 19.0. The Balaban J connectivity index is 1.89. The molecule has 3 aromatic carbocycles. The number of nitrogens with one attached hydrogen (secondary N) is 1. The summed E-state index contributed by atoms with van der Waals surface area (Å²) in [5.41, 5.74) is 3.03. The summed E-state index contributed by atoms with van der Waals surface area (Å²) in [6, 6.07) is 23.8. The Bertz CT molecular complexity index is 1050. The Morgan fingerprint density at radius 1 is 0.970 bits per heavy atom. The molecule has 1 atom stereocenters. The Morgan fingerprint density at radius 2 is 1.64 bits per heavy atom. The molecular weight excluding hydrogens is 436 g/mol. The van der Waals surface area contributed by atoms with E-state index in [4.69, 9.17) is 16.3 Å². The van der Waals surface area contributed by atoms with Crippen LogP contribution in [0.5, 0.6) is 5.75 Å². The zero-order chi connectivity index (χ0) is 23.6. The molecule has 172 valence electrons. The topological polar surface area (TPSA) is 58.6 Å². The highest BCUT2D eigenvalue weighted by Gasteiger charge is 2.30. The van der Waals surface area contributed by atoms with E-state index < -0.39 is 6.04 Å². The molecule has 0 saturated carbocycles. The van der Waals surface area contributed by atoms with Gasteiger partial charge in [0.25, 0.3) is 5.91 Å². The van der Waals surface area contributed by atoms with Crippen molar-refractivity contribution in [3.05, 3.63) is 101 Å². The van der Waals surface area contributed by atoms with Gasteiger partial charge in [-0.15, -0.1) is 0 Å². The van der Waals surface area contributed by atoms with E-state index in [1.165, 1.54) is 0 Å². The lowest BCUT2D eigenvalue weighted by atomic mass is 10.0. The number of hydrogen-bond acceptors (Lipinski definition) is 3. The Morgan fingerprint density at radius 3 is 2.30 bits per heavy atom. The van der Waals surface area contributed by atoms with E-state index in [-0.39, 0.29) is 18.4 Å². The van der Waals surface area contributed by atoms with E-state index in [1.54, 1.807) is 29.2 Å². The summed E-state index contributed by atoms with van der Waals surface area (Å²) < 4.78 is 5.73. The summed E-state index contributed by atoms with van der Waals surface area (Å²) >= 11 is 5.94. The third-order valence-corrected chi connectivity index (χ3v) is 5.65. The van der Waals surface area contributed by atoms with Crippen molar-refractivity contribution in [3.63, 3.8) is 0 Å². The van der Waals surface area contributed by atoms with Crippen LogP contribution < -0.4 is 10.1 Å². The fourth-order valence-corrected chi connectivity index (χ4v) is 3.70. The molecule has 0 unspecified atom stereocenters. The minimum absolute atomic E-state index is 0.182. The van der Waals surface area contributed by atoms with Gasteiger partial charge in [0.2, 0.25) is 5.91 Å². The van der Waals surface area contributed by atoms with Gasteiger partial charge in [0.15, 0.2) is 6.61 Å². The molecule has 0 heterocycles. The first-order chi connectivity index (χ1) is 16.0. The number of halogens is 1. The van der Waals surface area contributed by atoms with Crippen molar-refractivity contribution in [3.8, 4) is 5.75 Å². The van der Waals surface area contributed by atoms with Crippen molar-refractivity contribution in [2.45, 2.75) is 32.9 Å².